The molecule has 0 aliphatic rings. The Balaban J connectivity index is 2.09. The van der Waals surface area contributed by atoms with Crippen LogP contribution in [0.1, 0.15) is 27.6 Å². The summed E-state index contributed by atoms with van der Waals surface area (Å²) in [5.74, 6) is 0.0102. The number of methoxy groups -OCH3 is 1. The molecule has 0 radical (unpaired) electrons. The van der Waals surface area contributed by atoms with Crippen LogP contribution in [0.3, 0.4) is 0 Å². The van der Waals surface area contributed by atoms with Crippen molar-refractivity contribution in [3.63, 3.8) is 0 Å². The van der Waals surface area contributed by atoms with E-state index in [4.69, 9.17) is 9.47 Å². The highest BCUT2D eigenvalue weighted by Gasteiger charge is 2.12. The Labute approximate surface area is 174 Å². The quantitative estimate of drug-likeness (QED) is 0.343. The summed E-state index contributed by atoms with van der Waals surface area (Å²) in [5, 5.41) is 3.31. The first-order valence-electron chi connectivity index (χ1n) is 9.04. The number of nitrogens with one attached hydrogen (secondary N) is 1. The molecule has 0 saturated carbocycles. The number of hydrogen-bond donors (Lipinski definition) is 1. The van der Waals surface area contributed by atoms with E-state index in [2.05, 4.69) is 5.32 Å². The van der Waals surface area contributed by atoms with E-state index in [-0.39, 0.29) is 30.5 Å². The molecule has 0 unspecified atom stereocenters. The largest absolute Gasteiger partial charge is 0.497 e. The standard InChI is InChI=1S/C22H23NO5S/c1-3-28-22(26)14-23-21(29-15-20(25)16-7-5-4-6-8-16)13-19(24)17-9-11-18(27-2)12-10-17/h4-13,23H,3,14-15H2,1-2H3/b21-13-. The summed E-state index contributed by atoms with van der Waals surface area (Å²) in [7, 11) is 1.55. The lowest BCUT2D eigenvalue weighted by molar-refractivity contribution is -0.141. The van der Waals surface area contributed by atoms with Crippen LogP contribution < -0.4 is 10.1 Å². The highest BCUT2D eigenvalue weighted by atomic mass is 32.2. The van der Waals surface area contributed by atoms with Crippen LogP contribution in [-0.2, 0) is 9.53 Å². The molecule has 0 bridgehead atoms. The number of rotatable bonds is 11. The molecule has 2 rings (SSSR count). The molecule has 0 heterocycles. The second-order valence-corrected chi connectivity index (χ2v) is 6.85. The van der Waals surface area contributed by atoms with Gasteiger partial charge in [-0.2, -0.15) is 0 Å². The third-order valence-corrected chi connectivity index (χ3v) is 4.78. The SMILES string of the molecule is CCOC(=O)CN/C(=C/C(=O)c1ccc(OC)cc1)SCC(=O)c1ccccc1. The van der Waals surface area contributed by atoms with Gasteiger partial charge >= 0.3 is 5.97 Å². The lowest BCUT2D eigenvalue weighted by atomic mass is 10.1. The van der Waals surface area contributed by atoms with Gasteiger partial charge in [0.25, 0.3) is 0 Å². The van der Waals surface area contributed by atoms with Gasteiger partial charge in [-0.1, -0.05) is 30.3 Å². The number of thioether (sulfide) groups is 1. The Hall–Kier alpha value is -3.06. The Bertz CT molecular complexity index is 863. The molecule has 0 aliphatic carbocycles. The summed E-state index contributed by atoms with van der Waals surface area (Å²) in [6, 6.07) is 15.6. The van der Waals surface area contributed by atoms with Crippen LogP contribution in [-0.4, -0.2) is 43.6 Å². The maximum absolute atomic E-state index is 12.6. The van der Waals surface area contributed by atoms with Gasteiger partial charge < -0.3 is 14.8 Å². The molecule has 152 valence electrons. The maximum Gasteiger partial charge on any atom is 0.325 e. The zero-order chi connectivity index (χ0) is 21.1. The Kier molecular flexibility index (Phi) is 8.98. The number of hydrogen-bond acceptors (Lipinski definition) is 7. The van der Waals surface area contributed by atoms with Crippen molar-refractivity contribution in [1.29, 1.82) is 0 Å². The Morgan fingerprint density at radius 2 is 1.69 bits per heavy atom. The number of ketones is 2. The number of ether oxygens (including phenoxy) is 2. The van der Waals surface area contributed by atoms with E-state index in [1.54, 1.807) is 62.6 Å². The molecule has 0 aliphatic heterocycles. The van der Waals surface area contributed by atoms with Gasteiger partial charge in [0, 0.05) is 17.2 Å². The molecule has 0 amide bonds. The summed E-state index contributed by atoms with van der Waals surface area (Å²) in [4.78, 5) is 36.6. The molecule has 7 heteroatoms. The summed E-state index contributed by atoms with van der Waals surface area (Å²) in [6.45, 7) is 1.89. The highest BCUT2D eigenvalue weighted by Crippen LogP contribution is 2.18. The molecule has 0 fully saturated rings. The summed E-state index contributed by atoms with van der Waals surface area (Å²) in [5.41, 5.74) is 1.06. The third kappa shape index (κ3) is 7.46. The predicted octanol–water partition coefficient (Wildman–Crippen LogP) is 3.49. The predicted molar refractivity (Wildman–Crippen MR) is 113 cm³/mol. The topological polar surface area (TPSA) is 81.7 Å². The first kappa shape index (κ1) is 22.2. The number of Topliss-reactive ketones (excluding diaryl/α,β-unsaturated/α-hetero) is 1. The van der Waals surface area contributed by atoms with Crippen LogP contribution >= 0.6 is 11.8 Å². The second kappa shape index (κ2) is 11.7. The molecule has 29 heavy (non-hydrogen) atoms. The van der Waals surface area contributed by atoms with Crippen molar-refractivity contribution >= 4 is 29.3 Å². The van der Waals surface area contributed by atoms with Crippen LogP contribution in [0.25, 0.3) is 0 Å². The van der Waals surface area contributed by atoms with Crippen molar-refractivity contribution in [2.75, 3.05) is 26.0 Å². The smallest absolute Gasteiger partial charge is 0.325 e. The molecule has 6 nitrogen and oxygen atoms in total. The fourth-order valence-corrected chi connectivity index (χ4v) is 3.14. The van der Waals surface area contributed by atoms with E-state index in [1.807, 2.05) is 6.07 Å². The number of carbonyl (C=O) groups excluding carboxylic acids is 3. The normalized spacial score (nSPS) is 10.9. The van der Waals surface area contributed by atoms with Gasteiger partial charge in [0.05, 0.1) is 24.5 Å². The van der Waals surface area contributed by atoms with Crippen LogP contribution in [0, 0.1) is 0 Å². The van der Waals surface area contributed by atoms with Crippen molar-refractivity contribution in [2.45, 2.75) is 6.92 Å². The molecule has 0 spiro atoms. The number of esters is 1. The number of allylic oxidation sites excluding steroid dienone is 1. The van der Waals surface area contributed by atoms with Crippen molar-refractivity contribution in [1.82, 2.24) is 5.32 Å². The molecule has 0 saturated heterocycles. The van der Waals surface area contributed by atoms with Crippen molar-refractivity contribution < 1.29 is 23.9 Å². The van der Waals surface area contributed by atoms with Crippen molar-refractivity contribution in [2.24, 2.45) is 0 Å². The molecular formula is C22H23NO5S. The Morgan fingerprint density at radius 1 is 1.00 bits per heavy atom. The zero-order valence-electron chi connectivity index (χ0n) is 16.3. The molecule has 2 aromatic rings. The second-order valence-electron chi connectivity index (χ2n) is 5.84. The zero-order valence-corrected chi connectivity index (χ0v) is 17.2. The van der Waals surface area contributed by atoms with Gasteiger partial charge in [-0.25, -0.2) is 0 Å². The van der Waals surface area contributed by atoms with Gasteiger partial charge in [-0.05, 0) is 31.2 Å². The van der Waals surface area contributed by atoms with Crippen LogP contribution in [0.5, 0.6) is 5.75 Å². The van der Waals surface area contributed by atoms with Crippen molar-refractivity contribution in [3.05, 3.63) is 76.8 Å². The monoisotopic (exact) mass is 413 g/mol. The van der Waals surface area contributed by atoms with Gasteiger partial charge in [-0.15, -0.1) is 11.8 Å². The van der Waals surface area contributed by atoms with E-state index in [1.165, 1.54) is 6.08 Å². The van der Waals surface area contributed by atoms with E-state index in [0.29, 0.717) is 21.9 Å². The molecular weight excluding hydrogens is 390 g/mol. The average molecular weight is 413 g/mol. The minimum absolute atomic E-state index is 0.0728. The molecule has 0 atom stereocenters. The van der Waals surface area contributed by atoms with Crippen LogP contribution in [0.4, 0.5) is 0 Å². The van der Waals surface area contributed by atoms with E-state index in [0.717, 1.165) is 11.8 Å². The van der Waals surface area contributed by atoms with Crippen LogP contribution in [0.15, 0.2) is 65.7 Å². The lowest BCUT2D eigenvalue weighted by Crippen LogP contribution is -2.24. The van der Waals surface area contributed by atoms with Gasteiger partial charge in [0.15, 0.2) is 11.6 Å². The number of carbonyl (C=O) groups is 3. The third-order valence-electron chi connectivity index (χ3n) is 3.80. The van der Waals surface area contributed by atoms with E-state index < -0.39 is 5.97 Å². The first-order chi connectivity index (χ1) is 14.0. The summed E-state index contributed by atoms with van der Waals surface area (Å²) in [6.07, 6.45) is 1.38. The Morgan fingerprint density at radius 3 is 2.31 bits per heavy atom. The minimum atomic E-state index is -0.440. The molecule has 0 aromatic heterocycles. The fraction of sp³-hybridized carbons (Fsp3) is 0.227. The van der Waals surface area contributed by atoms with E-state index in [9.17, 15) is 14.4 Å². The highest BCUT2D eigenvalue weighted by molar-refractivity contribution is 8.03. The molecule has 2 aromatic carbocycles. The van der Waals surface area contributed by atoms with Gasteiger partial charge in [0.2, 0.25) is 0 Å². The van der Waals surface area contributed by atoms with E-state index >= 15 is 0 Å². The van der Waals surface area contributed by atoms with Crippen molar-refractivity contribution in [3.8, 4) is 5.75 Å². The fourth-order valence-electron chi connectivity index (χ4n) is 2.32. The van der Waals surface area contributed by atoms with Gasteiger partial charge in [-0.3, -0.25) is 14.4 Å². The first-order valence-corrected chi connectivity index (χ1v) is 10.0. The van der Waals surface area contributed by atoms with Crippen LogP contribution in [0.2, 0.25) is 0 Å². The molecule has 1 N–H and O–H groups in total. The minimum Gasteiger partial charge on any atom is -0.497 e. The lowest BCUT2D eigenvalue weighted by Gasteiger charge is -2.10. The number of benzene rings is 2. The average Bonchev–Trinajstić information content (AvgIpc) is 2.76. The summed E-state index contributed by atoms with van der Waals surface area (Å²) >= 11 is 1.16. The summed E-state index contributed by atoms with van der Waals surface area (Å²) < 4.78 is 9.99. The van der Waals surface area contributed by atoms with Gasteiger partial charge in [0.1, 0.15) is 12.3 Å². The maximum atomic E-state index is 12.6.